The van der Waals surface area contributed by atoms with Crippen molar-refractivity contribution in [1.82, 2.24) is 14.8 Å². The van der Waals surface area contributed by atoms with Crippen LogP contribution in [0.1, 0.15) is 35.2 Å². The minimum absolute atomic E-state index is 0.122. The number of fused-ring (bicyclic) bond motifs is 1. The van der Waals surface area contributed by atoms with Gasteiger partial charge in [-0.2, -0.15) is 23.5 Å². The predicted octanol–water partition coefficient (Wildman–Crippen LogP) is 4.56. The standard InChI is InChI=1S/C15H12BrF3N4S/c16-9-6-21-23(7-9)8-24-14-12(5-20)10-3-1-2-4-11(10)13(22-14)15(17,18)19/h6-7H,1-4,8H2. The number of hydrogen-bond acceptors (Lipinski definition) is 4. The normalized spacial score (nSPS) is 14.3. The molecule has 24 heavy (non-hydrogen) atoms. The Hall–Kier alpha value is -1.53. The van der Waals surface area contributed by atoms with Crippen molar-refractivity contribution >= 4 is 27.7 Å². The fraction of sp³-hybridized carbons (Fsp3) is 0.400. The Bertz CT molecular complexity index is 810. The quantitative estimate of drug-likeness (QED) is 0.688. The van der Waals surface area contributed by atoms with E-state index in [1.807, 2.05) is 0 Å². The first-order chi connectivity index (χ1) is 11.4. The highest BCUT2D eigenvalue weighted by atomic mass is 79.9. The Balaban J connectivity index is 2.02. The van der Waals surface area contributed by atoms with Crippen molar-refractivity contribution < 1.29 is 13.2 Å². The van der Waals surface area contributed by atoms with Crippen LogP contribution >= 0.6 is 27.7 Å². The summed E-state index contributed by atoms with van der Waals surface area (Å²) in [6.07, 6.45) is 1.08. The largest absolute Gasteiger partial charge is 0.433 e. The van der Waals surface area contributed by atoms with Crippen LogP contribution in [-0.4, -0.2) is 14.8 Å². The number of rotatable bonds is 3. The van der Waals surface area contributed by atoms with E-state index in [0.29, 0.717) is 24.8 Å². The van der Waals surface area contributed by atoms with Crippen molar-refractivity contribution in [3.8, 4) is 6.07 Å². The molecule has 0 saturated carbocycles. The van der Waals surface area contributed by atoms with Crippen LogP contribution in [0.5, 0.6) is 0 Å². The number of hydrogen-bond donors (Lipinski definition) is 0. The number of aromatic nitrogens is 3. The minimum atomic E-state index is -4.51. The number of nitrogens with zero attached hydrogens (tertiary/aromatic N) is 4. The molecule has 3 rings (SSSR count). The van der Waals surface area contributed by atoms with E-state index in [9.17, 15) is 18.4 Å². The molecular weight excluding hydrogens is 405 g/mol. The Morgan fingerprint density at radius 3 is 2.58 bits per heavy atom. The van der Waals surface area contributed by atoms with E-state index < -0.39 is 11.9 Å². The Morgan fingerprint density at radius 2 is 2.00 bits per heavy atom. The van der Waals surface area contributed by atoms with Gasteiger partial charge in [0.25, 0.3) is 0 Å². The van der Waals surface area contributed by atoms with Gasteiger partial charge in [0.05, 0.1) is 22.1 Å². The van der Waals surface area contributed by atoms with E-state index in [2.05, 4.69) is 32.1 Å². The van der Waals surface area contributed by atoms with Crippen LogP contribution in [0.25, 0.3) is 0 Å². The van der Waals surface area contributed by atoms with Crippen LogP contribution in [0.4, 0.5) is 13.2 Å². The molecule has 1 aliphatic carbocycles. The zero-order valence-electron chi connectivity index (χ0n) is 12.4. The molecule has 0 aromatic carbocycles. The van der Waals surface area contributed by atoms with Crippen molar-refractivity contribution in [2.24, 2.45) is 0 Å². The highest BCUT2D eigenvalue weighted by Crippen LogP contribution is 2.39. The Morgan fingerprint density at radius 1 is 1.29 bits per heavy atom. The van der Waals surface area contributed by atoms with E-state index in [1.165, 1.54) is 0 Å². The van der Waals surface area contributed by atoms with Crippen LogP contribution in [0.15, 0.2) is 21.9 Å². The van der Waals surface area contributed by atoms with E-state index in [0.717, 1.165) is 22.7 Å². The lowest BCUT2D eigenvalue weighted by atomic mass is 9.88. The summed E-state index contributed by atoms with van der Waals surface area (Å²) < 4.78 is 42.5. The molecule has 0 spiro atoms. The molecule has 0 saturated heterocycles. The van der Waals surface area contributed by atoms with Gasteiger partial charge in [0.1, 0.15) is 16.8 Å². The maximum Gasteiger partial charge on any atom is 0.433 e. The average Bonchev–Trinajstić information content (AvgIpc) is 2.96. The maximum atomic E-state index is 13.4. The highest BCUT2D eigenvalue weighted by Gasteiger charge is 2.38. The van der Waals surface area contributed by atoms with E-state index in [-0.39, 0.29) is 22.0 Å². The molecule has 0 amide bonds. The number of alkyl halides is 3. The fourth-order valence-electron chi connectivity index (χ4n) is 2.79. The summed E-state index contributed by atoms with van der Waals surface area (Å²) in [4.78, 5) is 3.81. The first-order valence-electron chi connectivity index (χ1n) is 7.24. The average molecular weight is 417 g/mol. The number of pyridine rings is 1. The molecule has 0 radical (unpaired) electrons. The lowest BCUT2D eigenvalue weighted by molar-refractivity contribution is -0.142. The fourth-order valence-corrected chi connectivity index (χ4v) is 3.98. The molecule has 0 unspecified atom stereocenters. The molecule has 2 heterocycles. The zero-order valence-corrected chi connectivity index (χ0v) is 14.8. The summed E-state index contributed by atoms with van der Waals surface area (Å²) in [6, 6.07) is 2.05. The van der Waals surface area contributed by atoms with Crippen LogP contribution in [0.2, 0.25) is 0 Å². The summed E-state index contributed by atoms with van der Waals surface area (Å²) in [5.74, 6) is 0.281. The van der Waals surface area contributed by atoms with Crippen molar-refractivity contribution in [2.75, 3.05) is 0 Å². The maximum absolute atomic E-state index is 13.4. The second-order valence-electron chi connectivity index (χ2n) is 5.39. The zero-order chi connectivity index (χ0) is 17.3. The van der Waals surface area contributed by atoms with Gasteiger partial charge in [-0.15, -0.1) is 0 Å². The van der Waals surface area contributed by atoms with Gasteiger partial charge in [0.2, 0.25) is 0 Å². The van der Waals surface area contributed by atoms with E-state index in [4.69, 9.17) is 0 Å². The third-order valence-electron chi connectivity index (χ3n) is 3.80. The SMILES string of the molecule is N#Cc1c(SCn2cc(Br)cn2)nc(C(F)(F)F)c2c1CCCC2. The van der Waals surface area contributed by atoms with Gasteiger partial charge in [-0.25, -0.2) is 4.98 Å². The second-order valence-corrected chi connectivity index (χ2v) is 7.24. The van der Waals surface area contributed by atoms with Gasteiger partial charge in [-0.3, -0.25) is 4.68 Å². The highest BCUT2D eigenvalue weighted by molar-refractivity contribution is 9.10. The first-order valence-corrected chi connectivity index (χ1v) is 9.02. The van der Waals surface area contributed by atoms with Crippen molar-refractivity contribution in [3.05, 3.63) is 39.3 Å². The molecule has 2 aromatic rings. The van der Waals surface area contributed by atoms with Gasteiger partial charge in [0, 0.05) is 6.20 Å². The molecule has 0 aliphatic heterocycles. The van der Waals surface area contributed by atoms with Crippen LogP contribution in [-0.2, 0) is 24.9 Å². The summed E-state index contributed by atoms with van der Waals surface area (Å²) in [5, 5.41) is 13.6. The molecule has 4 nitrogen and oxygen atoms in total. The lowest BCUT2D eigenvalue weighted by Crippen LogP contribution is -2.19. The third kappa shape index (κ3) is 3.44. The van der Waals surface area contributed by atoms with E-state index in [1.54, 1.807) is 17.1 Å². The molecule has 0 atom stereocenters. The van der Waals surface area contributed by atoms with Gasteiger partial charge in [-0.05, 0) is 52.7 Å². The monoisotopic (exact) mass is 416 g/mol. The Labute approximate surface area is 149 Å². The topological polar surface area (TPSA) is 54.5 Å². The molecule has 0 bridgehead atoms. The first kappa shape index (κ1) is 17.3. The Kier molecular flexibility index (Phi) is 4.88. The molecule has 0 N–H and O–H groups in total. The number of halogens is 4. The van der Waals surface area contributed by atoms with Crippen molar-refractivity contribution in [3.63, 3.8) is 0 Å². The third-order valence-corrected chi connectivity index (χ3v) is 5.17. The van der Waals surface area contributed by atoms with Crippen molar-refractivity contribution in [2.45, 2.75) is 42.8 Å². The molecule has 2 aromatic heterocycles. The van der Waals surface area contributed by atoms with Crippen LogP contribution in [0.3, 0.4) is 0 Å². The molecule has 0 fully saturated rings. The van der Waals surface area contributed by atoms with Gasteiger partial charge < -0.3 is 0 Å². The van der Waals surface area contributed by atoms with Gasteiger partial charge in [0.15, 0.2) is 0 Å². The number of thioether (sulfide) groups is 1. The van der Waals surface area contributed by atoms with E-state index >= 15 is 0 Å². The predicted molar refractivity (Wildman–Crippen MR) is 86.4 cm³/mol. The van der Waals surface area contributed by atoms with Crippen LogP contribution in [0, 0.1) is 11.3 Å². The minimum Gasteiger partial charge on any atom is -0.261 e. The summed E-state index contributed by atoms with van der Waals surface area (Å²) in [5.41, 5.74) is 0.126. The summed E-state index contributed by atoms with van der Waals surface area (Å²) in [7, 11) is 0. The van der Waals surface area contributed by atoms with Gasteiger partial charge >= 0.3 is 6.18 Å². The second kappa shape index (κ2) is 6.76. The van der Waals surface area contributed by atoms with Crippen LogP contribution < -0.4 is 0 Å². The van der Waals surface area contributed by atoms with Crippen molar-refractivity contribution in [1.29, 1.82) is 5.26 Å². The molecular formula is C15H12BrF3N4S. The molecule has 9 heteroatoms. The van der Waals surface area contributed by atoms with Gasteiger partial charge in [-0.1, -0.05) is 11.8 Å². The smallest absolute Gasteiger partial charge is 0.261 e. The summed E-state index contributed by atoms with van der Waals surface area (Å²) in [6.45, 7) is 0. The lowest BCUT2D eigenvalue weighted by Gasteiger charge is -2.22. The summed E-state index contributed by atoms with van der Waals surface area (Å²) >= 11 is 4.35. The number of nitriles is 1. The molecule has 1 aliphatic rings. The molecule has 126 valence electrons.